The minimum absolute atomic E-state index is 0.108. The zero-order chi connectivity index (χ0) is 19.8. The second kappa shape index (κ2) is 9.63. The van der Waals surface area contributed by atoms with Gasteiger partial charge in [-0.1, -0.05) is 18.2 Å². The summed E-state index contributed by atoms with van der Waals surface area (Å²) >= 11 is 0. The number of anilines is 1. The summed E-state index contributed by atoms with van der Waals surface area (Å²) in [4.78, 5) is 24.1. The smallest absolute Gasteiger partial charge is 0.340 e. The van der Waals surface area contributed by atoms with Crippen LogP contribution in [-0.4, -0.2) is 36.7 Å². The van der Waals surface area contributed by atoms with Crippen LogP contribution >= 0.6 is 0 Å². The van der Waals surface area contributed by atoms with E-state index >= 15 is 0 Å². The molecule has 0 fully saturated rings. The maximum atomic E-state index is 13.7. The molecule has 0 radical (unpaired) electrons. The Balaban J connectivity index is 1.92. The highest BCUT2D eigenvalue weighted by Crippen LogP contribution is 2.18. The van der Waals surface area contributed by atoms with E-state index in [1.807, 2.05) is 0 Å². The predicted molar refractivity (Wildman–Crippen MR) is 95.2 cm³/mol. The van der Waals surface area contributed by atoms with E-state index in [0.717, 1.165) is 12.1 Å². The van der Waals surface area contributed by atoms with Crippen molar-refractivity contribution in [2.45, 2.75) is 13.0 Å². The van der Waals surface area contributed by atoms with E-state index in [4.69, 9.17) is 9.84 Å². The van der Waals surface area contributed by atoms with Crippen LogP contribution in [0.25, 0.3) is 0 Å². The van der Waals surface area contributed by atoms with E-state index < -0.39 is 36.2 Å². The zero-order valence-corrected chi connectivity index (χ0v) is 14.7. The molecule has 8 heteroatoms. The molecule has 0 heterocycles. The Labute approximate surface area is 155 Å². The monoisotopic (exact) mass is 378 g/mol. The Hall–Kier alpha value is -3.00. The van der Waals surface area contributed by atoms with Gasteiger partial charge in [0.1, 0.15) is 11.6 Å². The highest BCUT2D eigenvalue weighted by atomic mass is 19.1. The van der Waals surface area contributed by atoms with Crippen LogP contribution < -0.4 is 10.6 Å². The lowest BCUT2D eigenvalue weighted by atomic mass is 10.1. The van der Waals surface area contributed by atoms with E-state index in [-0.39, 0.29) is 24.3 Å². The highest BCUT2D eigenvalue weighted by Gasteiger charge is 2.17. The van der Waals surface area contributed by atoms with Crippen LogP contribution in [-0.2, 0) is 9.53 Å². The normalized spacial score (nSPS) is 11.6. The van der Waals surface area contributed by atoms with Crippen molar-refractivity contribution in [3.63, 3.8) is 0 Å². The van der Waals surface area contributed by atoms with E-state index in [1.54, 1.807) is 18.2 Å². The molecule has 6 nitrogen and oxygen atoms in total. The summed E-state index contributed by atoms with van der Waals surface area (Å²) in [6, 6.07) is 8.86. The minimum Gasteiger partial charge on any atom is -0.452 e. The molecule has 0 aliphatic rings. The number of ether oxygens (including phenoxy) is 1. The van der Waals surface area contributed by atoms with Crippen molar-refractivity contribution in [1.29, 1.82) is 0 Å². The SMILES string of the molecule is C[C@H](NC(=O)COC(=O)c1ccccc1NCCO)c1ccc(F)cc1F. The third kappa shape index (κ3) is 5.75. The lowest BCUT2D eigenvalue weighted by molar-refractivity contribution is -0.124. The number of rotatable bonds is 8. The van der Waals surface area contributed by atoms with Gasteiger partial charge in [-0.05, 0) is 25.1 Å². The molecule has 1 atom stereocenters. The molecule has 1 amide bonds. The third-order valence-electron chi connectivity index (χ3n) is 3.72. The van der Waals surface area contributed by atoms with Crippen LogP contribution in [0.5, 0.6) is 0 Å². The largest absolute Gasteiger partial charge is 0.452 e. The summed E-state index contributed by atoms with van der Waals surface area (Å²) in [6.07, 6.45) is 0. The Morgan fingerprint density at radius 1 is 1.19 bits per heavy atom. The molecular formula is C19H20F2N2O4. The number of hydrogen-bond donors (Lipinski definition) is 3. The Bertz CT molecular complexity index is 814. The first kappa shape index (κ1) is 20.3. The first-order valence-corrected chi connectivity index (χ1v) is 8.27. The number of carbonyl (C=O) groups is 2. The van der Waals surface area contributed by atoms with Gasteiger partial charge in [0.15, 0.2) is 6.61 Å². The van der Waals surface area contributed by atoms with Gasteiger partial charge in [0, 0.05) is 23.9 Å². The predicted octanol–water partition coefficient (Wildman–Crippen LogP) is 2.40. The van der Waals surface area contributed by atoms with Crippen molar-refractivity contribution in [3.05, 3.63) is 65.2 Å². The van der Waals surface area contributed by atoms with Gasteiger partial charge in [0.25, 0.3) is 5.91 Å². The number of aliphatic hydroxyl groups excluding tert-OH is 1. The van der Waals surface area contributed by atoms with Crippen LogP contribution in [0.15, 0.2) is 42.5 Å². The number of aliphatic hydroxyl groups is 1. The zero-order valence-electron chi connectivity index (χ0n) is 14.7. The van der Waals surface area contributed by atoms with Crippen LogP contribution in [0.1, 0.15) is 28.9 Å². The van der Waals surface area contributed by atoms with E-state index in [1.165, 1.54) is 19.1 Å². The molecule has 0 spiro atoms. The quantitative estimate of drug-likeness (QED) is 0.614. The molecule has 0 saturated heterocycles. The summed E-state index contributed by atoms with van der Waals surface area (Å²) in [7, 11) is 0. The fourth-order valence-electron chi connectivity index (χ4n) is 2.43. The van der Waals surface area contributed by atoms with Crippen molar-refractivity contribution in [3.8, 4) is 0 Å². The van der Waals surface area contributed by atoms with Crippen LogP contribution in [0.2, 0.25) is 0 Å². The van der Waals surface area contributed by atoms with Crippen molar-refractivity contribution in [2.75, 3.05) is 25.1 Å². The maximum absolute atomic E-state index is 13.7. The lowest BCUT2D eigenvalue weighted by Gasteiger charge is -2.15. The van der Waals surface area contributed by atoms with Gasteiger partial charge in [-0.15, -0.1) is 0 Å². The summed E-state index contributed by atoms with van der Waals surface area (Å²) in [6.45, 7) is 1.12. The van der Waals surface area contributed by atoms with E-state index in [9.17, 15) is 18.4 Å². The molecule has 27 heavy (non-hydrogen) atoms. The van der Waals surface area contributed by atoms with Crippen molar-refractivity contribution in [2.24, 2.45) is 0 Å². The molecular weight excluding hydrogens is 358 g/mol. The molecule has 0 saturated carbocycles. The van der Waals surface area contributed by atoms with E-state index in [2.05, 4.69) is 10.6 Å². The van der Waals surface area contributed by atoms with Gasteiger partial charge in [0.05, 0.1) is 18.2 Å². The van der Waals surface area contributed by atoms with E-state index in [0.29, 0.717) is 5.69 Å². The summed E-state index contributed by atoms with van der Waals surface area (Å²) in [5, 5.41) is 14.2. The maximum Gasteiger partial charge on any atom is 0.340 e. The lowest BCUT2D eigenvalue weighted by Crippen LogP contribution is -2.31. The van der Waals surface area contributed by atoms with Crippen LogP contribution in [0.4, 0.5) is 14.5 Å². The topological polar surface area (TPSA) is 87.7 Å². The first-order valence-electron chi connectivity index (χ1n) is 8.27. The molecule has 0 bridgehead atoms. The fraction of sp³-hybridized carbons (Fsp3) is 0.263. The molecule has 2 aromatic rings. The van der Waals surface area contributed by atoms with Crippen molar-refractivity contribution >= 4 is 17.6 Å². The standard InChI is InChI=1S/C19H20F2N2O4/c1-12(14-7-6-13(20)10-16(14)21)23-18(25)11-27-19(26)15-4-2-3-5-17(15)22-8-9-24/h2-7,10,12,22,24H,8-9,11H2,1H3,(H,23,25)/t12-/m0/s1. The van der Waals surface area contributed by atoms with Crippen molar-refractivity contribution < 1.29 is 28.2 Å². The van der Waals surface area contributed by atoms with Gasteiger partial charge in [-0.3, -0.25) is 4.79 Å². The molecule has 0 aliphatic carbocycles. The fourth-order valence-corrected chi connectivity index (χ4v) is 2.43. The third-order valence-corrected chi connectivity index (χ3v) is 3.72. The van der Waals surface area contributed by atoms with Gasteiger partial charge >= 0.3 is 5.97 Å². The number of para-hydroxylation sites is 1. The molecule has 3 N–H and O–H groups in total. The number of halogens is 2. The van der Waals surface area contributed by atoms with Gasteiger partial charge in [-0.2, -0.15) is 0 Å². The molecule has 0 unspecified atom stereocenters. The average Bonchev–Trinajstić information content (AvgIpc) is 2.64. The van der Waals surface area contributed by atoms with Gasteiger partial charge < -0.3 is 20.5 Å². The molecule has 0 aliphatic heterocycles. The number of amides is 1. The summed E-state index contributed by atoms with van der Waals surface area (Å²) < 4.78 is 31.7. The number of carbonyl (C=O) groups excluding carboxylic acids is 2. The molecule has 2 rings (SSSR count). The molecule has 144 valence electrons. The summed E-state index contributed by atoms with van der Waals surface area (Å²) in [5.74, 6) is -2.83. The Morgan fingerprint density at radius 3 is 2.63 bits per heavy atom. The number of nitrogens with one attached hydrogen (secondary N) is 2. The van der Waals surface area contributed by atoms with Gasteiger partial charge in [-0.25, -0.2) is 13.6 Å². The summed E-state index contributed by atoms with van der Waals surface area (Å²) in [5.41, 5.74) is 0.810. The number of benzene rings is 2. The second-order valence-corrected chi connectivity index (χ2v) is 5.73. The van der Waals surface area contributed by atoms with Crippen molar-refractivity contribution in [1.82, 2.24) is 5.32 Å². The number of esters is 1. The molecule has 0 aromatic heterocycles. The highest BCUT2D eigenvalue weighted by molar-refractivity contribution is 5.96. The van der Waals surface area contributed by atoms with Crippen LogP contribution in [0.3, 0.4) is 0 Å². The minimum atomic E-state index is -0.774. The molecule has 2 aromatic carbocycles. The Morgan fingerprint density at radius 2 is 1.93 bits per heavy atom. The van der Waals surface area contributed by atoms with Crippen LogP contribution in [0, 0.1) is 11.6 Å². The average molecular weight is 378 g/mol. The number of hydrogen-bond acceptors (Lipinski definition) is 5. The van der Waals surface area contributed by atoms with Gasteiger partial charge in [0.2, 0.25) is 0 Å². The first-order chi connectivity index (χ1) is 12.9. The second-order valence-electron chi connectivity index (χ2n) is 5.73. The Kier molecular flexibility index (Phi) is 7.25.